The van der Waals surface area contributed by atoms with Crippen LogP contribution in [0.2, 0.25) is 0 Å². The Balaban J connectivity index is 1.36. The SMILES string of the molecule is COc1cc(/C=C/C(=O)NC2c3ccccc3-c3ccccc32)ccc1-n1cnc(Br)c1. The van der Waals surface area contributed by atoms with E-state index in [0.29, 0.717) is 5.75 Å². The van der Waals surface area contributed by atoms with Crippen molar-refractivity contribution in [2.45, 2.75) is 6.04 Å². The average molecular weight is 486 g/mol. The van der Waals surface area contributed by atoms with Gasteiger partial charge in [0.05, 0.1) is 18.8 Å². The molecule has 0 radical (unpaired) electrons. The molecule has 0 unspecified atom stereocenters. The van der Waals surface area contributed by atoms with E-state index < -0.39 is 0 Å². The van der Waals surface area contributed by atoms with E-state index in [0.717, 1.165) is 27.0 Å². The Hall–Kier alpha value is -3.64. The highest BCUT2D eigenvalue weighted by Crippen LogP contribution is 2.43. The lowest BCUT2D eigenvalue weighted by Crippen LogP contribution is -2.26. The lowest BCUT2D eigenvalue weighted by atomic mass is 10.1. The van der Waals surface area contributed by atoms with Crippen molar-refractivity contribution in [3.05, 3.63) is 107 Å². The number of amides is 1. The van der Waals surface area contributed by atoms with E-state index in [1.54, 1.807) is 25.6 Å². The number of aromatic nitrogens is 2. The van der Waals surface area contributed by atoms with Gasteiger partial charge in [0.1, 0.15) is 16.7 Å². The van der Waals surface area contributed by atoms with Gasteiger partial charge in [0, 0.05) is 12.3 Å². The van der Waals surface area contributed by atoms with Crippen molar-refractivity contribution >= 4 is 27.9 Å². The summed E-state index contributed by atoms with van der Waals surface area (Å²) in [7, 11) is 1.62. The van der Waals surface area contributed by atoms with Crippen LogP contribution in [0.25, 0.3) is 22.9 Å². The van der Waals surface area contributed by atoms with E-state index >= 15 is 0 Å². The summed E-state index contributed by atoms with van der Waals surface area (Å²) in [6, 6.07) is 22.0. The zero-order valence-electron chi connectivity index (χ0n) is 17.3. The molecule has 32 heavy (non-hydrogen) atoms. The Morgan fingerprint density at radius 1 is 1.06 bits per heavy atom. The zero-order valence-corrected chi connectivity index (χ0v) is 18.9. The number of nitrogens with one attached hydrogen (secondary N) is 1. The van der Waals surface area contributed by atoms with Crippen LogP contribution in [0.5, 0.6) is 5.75 Å². The summed E-state index contributed by atoms with van der Waals surface area (Å²) < 4.78 is 8.16. The first-order valence-corrected chi connectivity index (χ1v) is 11.0. The molecule has 0 aliphatic heterocycles. The van der Waals surface area contributed by atoms with E-state index in [1.165, 1.54) is 11.1 Å². The topological polar surface area (TPSA) is 56.1 Å². The van der Waals surface area contributed by atoms with Crippen LogP contribution >= 0.6 is 15.9 Å². The lowest BCUT2D eigenvalue weighted by molar-refractivity contribution is -0.116. The van der Waals surface area contributed by atoms with Crippen LogP contribution in [0.1, 0.15) is 22.7 Å². The van der Waals surface area contributed by atoms with Crippen molar-refractivity contribution in [3.63, 3.8) is 0 Å². The maximum Gasteiger partial charge on any atom is 0.244 e. The largest absolute Gasteiger partial charge is 0.495 e. The minimum Gasteiger partial charge on any atom is -0.495 e. The van der Waals surface area contributed by atoms with Crippen LogP contribution < -0.4 is 10.1 Å². The number of carbonyl (C=O) groups is 1. The summed E-state index contributed by atoms with van der Waals surface area (Å²) in [6.07, 6.45) is 6.92. The second kappa shape index (κ2) is 8.48. The standard InChI is InChI=1S/C26H20BrN3O2/c1-32-23-14-17(10-12-22(23)30-15-24(27)28-16-30)11-13-25(31)29-26-20-8-4-2-6-18(20)19-7-3-5-9-21(19)26/h2-16,26H,1H3,(H,29,31)/b13-11+. The second-order valence-corrected chi connectivity index (χ2v) is 8.30. The van der Waals surface area contributed by atoms with E-state index in [4.69, 9.17) is 4.74 Å². The van der Waals surface area contributed by atoms with E-state index in [1.807, 2.05) is 53.2 Å². The molecule has 1 heterocycles. The smallest absolute Gasteiger partial charge is 0.244 e. The van der Waals surface area contributed by atoms with Crippen LogP contribution in [0.4, 0.5) is 0 Å². The molecule has 1 aliphatic rings. The molecule has 0 saturated heterocycles. The molecule has 1 N–H and O–H groups in total. The molecular formula is C26H20BrN3O2. The Labute approximate surface area is 194 Å². The minimum absolute atomic E-state index is 0.150. The normalized spacial score (nSPS) is 12.6. The van der Waals surface area contributed by atoms with Crippen LogP contribution in [0.15, 0.2) is 89.9 Å². The number of benzene rings is 3. The van der Waals surface area contributed by atoms with Crippen LogP contribution in [-0.2, 0) is 4.79 Å². The summed E-state index contributed by atoms with van der Waals surface area (Å²) >= 11 is 3.36. The summed E-state index contributed by atoms with van der Waals surface area (Å²) in [5.74, 6) is 0.541. The van der Waals surface area contributed by atoms with Gasteiger partial charge >= 0.3 is 0 Å². The maximum absolute atomic E-state index is 12.8. The summed E-state index contributed by atoms with van der Waals surface area (Å²) in [5.41, 5.74) is 6.31. The molecule has 0 atom stereocenters. The fourth-order valence-corrected chi connectivity index (χ4v) is 4.43. The van der Waals surface area contributed by atoms with Crippen molar-refractivity contribution in [2.75, 3.05) is 7.11 Å². The summed E-state index contributed by atoms with van der Waals surface area (Å²) in [5, 5.41) is 3.16. The van der Waals surface area contributed by atoms with Crippen LogP contribution in [-0.4, -0.2) is 22.6 Å². The van der Waals surface area contributed by atoms with Gasteiger partial charge in [-0.25, -0.2) is 4.98 Å². The first-order valence-electron chi connectivity index (χ1n) is 10.2. The van der Waals surface area contributed by atoms with Gasteiger partial charge in [0.15, 0.2) is 0 Å². The third-order valence-corrected chi connectivity index (χ3v) is 5.99. The second-order valence-electron chi connectivity index (χ2n) is 7.48. The predicted molar refractivity (Wildman–Crippen MR) is 129 cm³/mol. The molecule has 4 aromatic rings. The fraction of sp³-hybridized carbons (Fsp3) is 0.0769. The number of methoxy groups -OCH3 is 1. The molecule has 5 rings (SSSR count). The van der Waals surface area contributed by atoms with Gasteiger partial charge in [-0.15, -0.1) is 0 Å². The maximum atomic E-state index is 12.8. The van der Waals surface area contributed by atoms with Gasteiger partial charge in [-0.2, -0.15) is 0 Å². The van der Waals surface area contributed by atoms with Gasteiger partial charge in [-0.1, -0.05) is 54.6 Å². The van der Waals surface area contributed by atoms with Gasteiger partial charge < -0.3 is 14.6 Å². The quantitative estimate of drug-likeness (QED) is 0.377. The molecule has 0 bridgehead atoms. The number of hydrogen-bond donors (Lipinski definition) is 1. The molecule has 5 nitrogen and oxygen atoms in total. The number of ether oxygens (including phenoxy) is 1. The zero-order chi connectivity index (χ0) is 22.1. The predicted octanol–water partition coefficient (Wildman–Crippen LogP) is 5.54. The van der Waals surface area contributed by atoms with Crippen LogP contribution in [0, 0.1) is 0 Å². The highest BCUT2D eigenvalue weighted by molar-refractivity contribution is 9.10. The summed E-state index contributed by atoms with van der Waals surface area (Å²) in [4.78, 5) is 17.0. The number of rotatable bonds is 5. The van der Waals surface area contributed by atoms with Crippen molar-refractivity contribution in [1.29, 1.82) is 0 Å². The molecule has 158 valence electrons. The molecular weight excluding hydrogens is 466 g/mol. The highest BCUT2D eigenvalue weighted by Gasteiger charge is 2.28. The Morgan fingerprint density at radius 3 is 2.38 bits per heavy atom. The minimum atomic E-state index is -0.156. The molecule has 6 heteroatoms. The molecule has 3 aromatic carbocycles. The van der Waals surface area contributed by atoms with E-state index in [2.05, 4.69) is 50.5 Å². The van der Waals surface area contributed by atoms with Gasteiger partial charge in [0.2, 0.25) is 5.91 Å². The van der Waals surface area contributed by atoms with Gasteiger partial charge in [-0.3, -0.25) is 4.79 Å². The first-order chi connectivity index (χ1) is 15.6. The Bertz CT molecular complexity index is 1300. The number of nitrogens with zero attached hydrogens (tertiary/aromatic N) is 2. The number of halogens is 1. The number of fused-ring (bicyclic) bond motifs is 3. The monoisotopic (exact) mass is 485 g/mol. The van der Waals surface area contributed by atoms with E-state index in [9.17, 15) is 4.79 Å². The fourth-order valence-electron chi connectivity index (χ4n) is 4.12. The molecule has 0 spiro atoms. The first kappa shape index (κ1) is 20.3. The van der Waals surface area contributed by atoms with Crippen molar-refractivity contribution in [2.24, 2.45) is 0 Å². The van der Waals surface area contributed by atoms with Gasteiger partial charge in [-0.05, 0) is 62.0 Å². The molecule has 0 saturated carbocycles. The van der Waals surface area contributed by atoms with Crippen LogP contribution in [0.3, 0.4) is 0 Å². The molecule has 1 amide bonds. The third-order valence-electron chi connectivity index (χ3n) is 5.58. The number of imidazole rings is 1. The van der Waals surface area contributed by atoms with E-state index in [-0.39, 0.29) is 11.9 Å². The van der Waals surface area contributed by atoms with Crippen molar-refractivity contribution in [3.8, 4) is 22.6 Å². The van der Waals surface area contributed by atoms with Crippen molar-refractivity contribution in [1.82, 2.24) is 14.9 Å². The average Bonchev–Trinajstić information content (AvgIpc) is 3.39. The lowest BCUT2D eigenvalue weighted by Gasteiger charge is -2.14. The molecule has 1 aromatic heterocycles. The number of hydrogen-bond acceptors (Lipinski definition) is 3. The summed E-state index contributed by atoms with van der Waals surface area (Å²) in [6.45, 7) is 0. The molecule has 1 aliphatic carbocycles. The van der Waals surface area contributed by atoms with Gasteiger partial charge in [0.25, 0.3) is 0 Å². The third kappa shape index (κ3) is 3.74. The van der Waals surface area contributed by atoms with Crippen molar-refractivity contribution < 1.29 is 9.53 Å². The molecule has 0 fully saturated rings. The highest BCUT2D eigenvalue weighted by atomic mass is 79.9. The Kier molecular flexibility index (Phi) is 5.37. The Morgan fingerprint density at radius 2 is 1.75 bits per heavy atom. The number of carbonyl (C=O) groups excluding carboxylic acids is 1.